The first-order valence-electron chi connectivity index (χ1n) is 9.11. The standard InChI is InChI=1S/C21H20N2O5/c1-27-18(24)12-15-20(25)22-10-11-23(15)21(26)19-13-6-2-4-8-16(13)28-17-9-5-3-7-14(17)19/h2-9,15,19H,10-12H2,1H3,(H,22,25)/t15-/m1/s1. The molecule has 2 aliphatic heterocycles. The lowest BCUT2D eigenvalue weighted by molar-refractivity contribution is -0.150. The fraction of sp³-hybridized carbons (Fsp3) is 0.286. The quantitative estimate of drug-likeness (QED) is 0.821. The van der Waals surface area contributed by atoms with E-state index in [1.165, 1.54) is 12.0 Å². The van der Waals surface area contributed by atoms with Gasteiger partial charge in [-0.15, -0.1) is 0 Å². The van der Waals surface area contributed by atoms with Gasteiger partial charge in [0, 0.05) is 24.2 Å². The Hall–Kier alpha value is -3.35. The third-order valence-electron chi connectivity index (χ3n) is 5.13. The molecule has 144 valence electrons. The van der Waals surface area contributed by atoms with Crippen LogP contribution in [0, 0.1) is 0 Å². The fourth-order valence-corrected chi connectivity index (χ4v) is 3.76. The van der Waals surface area contributed by atoms with Crippen LogP contribution in [0.15, 0.2) is 48.5 Å². The number of nitrogens with zero attached hydrogens (tertiary/aromatic N) is 1. The predicted molar refractivity (Wildman–Crippen MR) is 99.9 cm³/mol. The van der Waals surface area contributed by atoms with Crippen LogP contribution < -0.4 is 10.1 Å². The second kappa shape index (κ2) is 7.34. The number of piperazine rings is 1. The Balaban J connectivity index is 1.74. The molecule has 1 atom stereocenters. The molecule has 0 spiro atoms. The van der Waals surface area contributed by atoms with Crippen LogP contribution in [0.2, 0.25) is 0 Å². The van der Waals surface area contributed by atoms with Gasteiger partial charge in [-0.25, -0.2) is 0 Å². The number of carbonyl (C=O) groups is 3. The number of esters is 1. The number of ether oxygens (including phenoxy) is 2. The van der Waals surface area contributed by atoms with E-state index < -0.39 is 17.9 Å². The molecule has 28 heavy (non-hydrogen) atoms. The van der Waals surface area contributed by atoms with Gasteiger partial charge in [-0.2, -0.15) is 0 Å². The van der Waals surface area contributed by atoms with E-state index in [0.29, 0.717) is 24.6 Å². The molecule has 0 unspecified atom stereocenters. The van der Waals surface area contributed by atoms with Crippen LogP contribution in [0.25, 0.3) is 0 Å². The van der Waals surface area contributed by atoms with Crippen molar-refractivity contribution in [1.29, 1.82) is 0 Å². The summed E-state index contributed by atoms with van der Waals surface area (Å²) >= 11 is 0. The largest absolute Gasteiger partial charge is 0.469 e. The van der Waals surface area contributed by atoms with Crippen molar-refractivity contribution in [3.8, 4) is 11.5 Å². The van der Waals surface area contributed by atoms with E-state index in [2.05, 4.69) is 5.32 Å². The Labute approximate surface area is 162 Å². The van der Waals surface area contributed by atoms with Crippen LogP contribution in [0.3, 0.4) is 0 Å². The van der Waals surface area contributed by atoms with Crippen molar-refractivity contribution in [3.05, 3.63) is 59.7 Å². The molecule has 0 aliphatic carbocycles. The Morgan fingerprint density at radius 2 is 1.71 bits per heavy atom. The monoisotopic (exact) mass is 380 g/mol. The SMILES string of the molecule is COC(=O)C[C@@H]1C(=O)NCCN1C(=O)C1c2ccccc2Oc2ccccc21. The van der Waals surface area contributed by atoms with Crippen molar-refractivity contribution < 1.29 is 23.9 Å². The van der Waals surface area contributed by atoms with E-state index in [0.717, 1.165) is 11.1 Å². The zero-order valence-corrected chi connectivity index (χ0v) is 15.4. The van der Waals surface area contributed by atoms with Gasteiger partial charge in [0.15, 0.2) is 0 Å². The molecule has 4 rings (SSSR count). The topological polar surface area (TPSA) is 84.9 Å². The lowest BCUT2D eigenvalue weighted by Gasteiger charge is -2.38. The number of methoxy groups -OCH3 is 1. The van der Waals surface area contributed by atoms with Gasteiger partial charge in [0.25, 0.3) is 0 Å². The first kappa shape index (κ1) is 18.0. The maximum absolute atomic E-state index is 13.6. The summed E-state index contributed by atoms with van der Waals surface area (Å²) in [7, 11) is 1.26. The maximum atomic E-state index is 13.6. The number of hydrogen-bond acceptors (Lipinski definition) is 5. The predicted octanol–water partition coefficient (Wildman–Crippen LogP) is 1.81. The first-order chi connectivity index (χ1) is 13.6. The van der Waals surface area contributed by atoms with Gasteiger partial charge in [0.2, 0.25) is 11.8 Å². The summed E-state index contributed by atoms with van der Waals surface area (Å²) in [5.74, 6) is -0.485. The minimum Gasteiger partial charge on any atom is -0.469 e. The van der Waals surface area contributed by atoms with E-state index in [1.807, 2.05) is 48.5 Å². The summed E-state index contributed by atoms with van der Waals surface area (Å²) in [5.41, 5.74) is 1.49. The van der Waals surface area contributed by atoms with Gasteiger partial charge in [-0.05, 0) is 12.1 Å². The van der Waals surface area contributed by atoms with Gasteiger partial charge in [-0.3, -0.25) is 14.4 Å². The lowest BCUT2D eigenvalue weighted by Crippen LogP contribution is -2.58. The number of fused-ring (bicyclic) bond motifs is 2. The molecule has 0 radical (unpaired) electrons. The maximum Gasteiger partial charge on any atom is 0.308 e. The molecule has 2 aliphatic rings. The lowest BCUT2D eigenvalue weighted by atomic mass is 9.86. The number of rotatable bonds is 3. The number of amides is 2. The third kappa shape index (κ3) is 3.09. The highest BCUT2D eigenvalue weighted by molar-refractivity contribution is 5.96. The van der Waals surface area contributed by atoms with Crippen LogP contribution >= 0.6 is 0 Å². The van der Waals surface area contributed by atoms with Crippen LogP contribution in [-0.2, 0) is 19.1 Å². The molecule has 2 aromatic carbocycles. The van der Waals surface area contributed by atoms with E-state index >= 15 is 0 Å². The molecule has 1 saturated heterocycles. The average molecular weight is 380 g/mol. The Morgan fingerprint density at radius 1 is 1.11 bits per heavy atom. The molecule has 2 amide bonds. The minimum absolute atomic E-state index is 0.180. The molecule has 2 aromatic rings. The smallest absolute Gasteiger partial charge is 0.308 e. The van der Waals surface area contributed by atoms with Crippen molar-refractivity contribution in [3.63, 3.8) is 0 Å². The molecule has 0 bridgehead atoms. The van der Waals surface area contributed by atoms with Crippen LogP contribution in [0.5, 0.6) is 11.5 Å². The molecule has 2 heterocycles. The molecule has 0 aromatic heterocycles. The summed E-state index contributed by atoms with van der Waals surface area (Å²) in [6.07, 6.45) is -0.180. The Morgan fingerprint density at radius 3 is 2.32 bits per heavy atom. The van der Waals surface area contributed by atoms with Crippen molar-refractivity contribution in [2.24, 2.45) is 0 Å². The van der Waals surface area contributed by atoms with Gasteiger partial charge < -0.3 is 19.7 Å². The molecule has 0 saturated carbocycles. The van der Waals surface area contributed by atoms with Gasteiger partial charge in [0.05, 0.1) is 19.4 Å². The zero-order chi connectivity index (χ0) is 19.7. The second-order valence-electron chi connectivity index (χ2n) is 6.73. The zero-order valence-electron chi connectivity index (χ0n) is 15.4. The number of nitrogens with one attached hydrogen (secondary N) is 1. The molecular weight excluding hydrogens is 360 g/mol. The summed E-state index contributed by atoms with van der Waals surface area (Å²) < 4.78 is 10.7. The van der Waals surface area contributed by atoms with E-state index in [4.69, 9.17) is 9.47 Å². The molecule has 7 heteroatoms. The first-order valence-corrected chi connectivity index (χ1v) is 9.11. The molecular formula is C21H20N2O5. The normalized spacial score (nSPS) is 18.4. The molecule has 7 nitrogen and oxygen atoms in total. The van der Waals surface area contributed by atoms with Gasteiger partial charge in [0.1, 0.15) is 17.5 Å². The van der Waals surface area contributed by atoms with Gasteiger partial charge >= 0.3 is 5.97 Å². The average Bonchev–Trinajstić information content (AvgIpc) is 2.72. The number of para-hydroxylation sites is 2. The fourth-order valence-electron chi connectivity index (χ4n) is 3.76. The minimum atomic E-state index is -0.893. The van der Waals surface area contributed by atoms with E-state index in [-0.39, 0.29) is 18.2 Å². The highest BCUT2D eigenvalue weighted by atomic mass is 16.5. The van der Waals surface area contributed by atoms with Crippen LogP contribution in [0.1, 0.15) is 23.5 Å². The third-order valence-corrected chi connectivity index (χ3v) is 5.13. The molecule has 1 fully saturated rings. The van der Waals surface area contributed by atoms with E-state index in [1.54, 1.807) is 0 Å². The van der Waals surface area contributed by atoms with Gasteiger partial charge in [-0.1, -0.05) is 36.4 Å². The van der Waals surface area contributed by atoms with Crippen molar-refractivity contribution in [2.75, 3.05) is 20.2 Å². The summed E-state index contributed by atoms with van der Waals surface area (Å²) in [6.45, 7) is 0.669. The van der Waals surface area contributed by atoms with Crippen molar-refractivity contribution in [1.82, 2.24) is 10.2 Å². The number of carbonyl (C=O) groups excluding carboxylic acids is 3. The highest BCUT2D eigenvalue weighted by Gasteiger charge is 2.41. The summed E-state index contributed by atoms with van der Waals surface area (Å²) in [4.78, 5) is 39.3. The number of hydrogen-bond donors (Lipinski definition) is 1. The van der Waals surface area contributed by atoms with Crippen LogP contribution in [-0.4, -0.2) is 48.9 Å². The summed E-state index contributed by atoms with van der Waals surface area (Å²) in [6, 6.07) is 13.9. The molecule has 1 N–H and O–H groups in total. The van der Waals surface area contributed by atoms with Crippen molar-refractivity contribution >= 4 is 17.8 Å². The number of benzene rings is 2. The Bertz CT molecular complexity index is 896. The second-order valence-corrected chi connectivity index (χ2v) is 6.73. The van der Waals surface area contributed by atoms with E-state index in [9.17, 15) is 14.4 Å². The Kier molecular flexibility index (Phi) is 4.73. The summed E-state index contributed by atoms with van der Waals surface area (Å²) in [5, 5.41) is 2.72. The van der Waals surface area contributed by atoms with Crippen molar-refractivity contribution in [2.45, 2.75) is 18.4 Å². The highest BCUT2D eigenvalue weighted by Crippen LogP contribution is 2.44. The van der Waals surface area contributed by atoms with Crippen LogP contribution in [0.4, 0.5) is 0 Å².